The molecular weight excluding hydrogens is 348 g/mol. The van der Waals surface area contributed by atoms with Gasteiger partial charge in [0.2, 0.25) is 0 Å². The highest BCUT2D eigenvalue weighted by molar-refractivity contribution is 5.89. The van der Waals surface area contributed by atoms with Gasteiger partial charge in [-0.3, -0.25) is 4.79 Å². The number of aromatic nitrogens is 1. The molecule has 0 saturated heterocycles. The molecule has 2 aromatic rings. The third-order valence-electron chi connectivity index (χ3n) is 4.12. The third-order valence-corrected chi connectivity index (χ3v) is 4.12. The maximum absolute atomic E-state index is 12.3. The van der Waals surface area contributed by atoms with E-state index in [0.717, 1.165) is 5.56 Å². The zero-order valence-corrected chi connectivity index (χ0v) is 15.3. The van der Waals surface area contributed by atoms with Crippen molar-refractivity contribution >= 4 is 11.9 Å². The molecule has 1 amide bonds. The van der Waals surface area contributed by atoms with Crippen molar-refractivity contribution in [2.24, 2.45) is 5.92 Å². The van der Waals surface area contributed by atoms with Gasteiger partial charge in [-0.1, -0.05) is 26.0 Å². The van der Waals surface area contributed by atoms with Crippen LogP contribution in [-0.2, 0) is 9.53 Å². The highest BCUT2D eigenvalue weighted by atomic mass is 16.6. The van der Waals surface area contributed by atoms with E-state index in [1.165, 1.54) is 12.3 Å². The average Bonchev–Trinajstić information content (AvgIpc) is 2.70. The second-order valence-corrected chi connectivity index (χ2v) is 6.48. The number of hydrogen-bond acceptors (Lipinski definition) is 6. The smallest absolute Gasteiger partial charge is 0.357 e. The summed E-state index contributed by atoms with van der Waals surface area (Å²) in [5, 5.41) is 2.91. The number of carbonyl (C=O) groups is 2. The van der Waals surface area contributed by atoms with Crippen molar-refractivity contribution in [3.63, 3.8) is 0 Å². The first-order valence-corrected chi connectivity index (χ1v) is 8.81. The number of ether oxygens (including phenoxy) is 3. The fraction of sp³-hybridized carbons (Fsp3) is 0.350. The first-order chi connectivity index (χ1) is 13.0. The van der Waals surface area contributed by atoms with Gasteiger partial charge < -0.3 is 19.5 Å². The lowest BCUT2D eigenvalue weighted by molar-refractivity contribution is -0.125. The molecule has 7 nitrogen and oxygen atoms in total. The monoisotopic (exact) mass is 370 g/mol. The van der Waals surface area contributed by atoms with Crippen LogP contribution in [0, 0.1) is 5.92 Å². The minimum atomic E-state index is -0.633. The van der Waals surface area contributed by atoms with Crippen molar-refractivity contribution in [1.29, 1.82) is 0 Å². The molecule has 1 aromatic carbocycles. The quantitative estimate of drug-likeness (QED) is 0.787. The van der Waals surface area contributed by atoms with Gasteiger partial charge in [0.05, 0.1) is 6.04 Å². The van der Waals surface area contributed by atoms with Crippen molar-refractivity contribution in [3.8, 4) is 11.5 Å². The van der Waals surface area contributed by atoms with Crippen LogP contribution in [0.2, 0.25) is 0 Å². The Morgan fingerprint density at radius 1 is 1.15 bits per heavy atom. The minimum Gasteiger partial charge on any atom is -0.486 e. The first-order valence-electron chi connectivity index (χ1n) is 8.81. The second-order valence-electron chi connectivity index (χ2n) is 6.48. The van der Waals surface area contributed by atoms with Crippen LogP contribution < -0.4 is 14.8 Å². The molecule has 1 aliphatic heterocycles. The van der Waals surface area contributed by atoms with Gasteiger partial charge in [0.25, 0.3) is 5.91 Å². The molecule has 7 heteroatoms. The van der Waals surface area contributed by atoms with Gasteiger partial charge in [-0.15, -0.1) is 0 Å². The summed E-state index contributed by atoms with van der Waals surface area (Å²) in [6.45, 7) is 4.66. The Balaban J connectivity index is 1.62. The van der Waals surface area contributed by atoms with Gasteiger partial charge in [-0.05, 0) is 35.7 Å². The SMILES string of the molecule is CC(C)[C@@H](NC(=O)COC(=O)c1ccccn1)c1ccc2c(c1)OCCO2. The van der Waals surface area contributed by atoms with E-state index in [0.29, 0.717) is 24.7 Å². The van der Waals surface area contributed by atoms with Gasteiger partial charge in [-0.2, -0.15) is 0 Å². The molecule has 0 bridgehead atoms. The molecule has 27 heavy (non-hydrogen) atoms. The number of benzene rings is 1. The summed E-state index contributed by atoms with van der Waals surface area (Å²) in [6.07, 6.45) is 1.49. The lowest BCUT2D eigenvalue weighted by atomic mass is 9.95. The Bertz CT molecular complexity index is 807. The zero-order chi connectivity index (χ0) is 19.2. The number of fused-ring (bicyclic) bond motifs is 1. The van der Waals surface area contributed by atoms with Crippen LogP contribution >= 0.6 is 0 Å². The van der Waals surface area contributed by atoms with E-state index < -0.39 is 5.97 Å². The summed E-state index contributed by atoms with van der Waals surface area (Å²) in [4.78, 5) is 28.1. The lowest BCUT2D eigenvalue weighted by Gasteiger charge is -2.25. The average molecular weight is 370 g/mol. The minimum absolute atomic E-state index is 0.128. The largest absolute Gasteiger partial charge is 0.486 e. The van der Waals surface area contributed by atoms with E-state index in [9.17, 15) is 9.59 Å². The Morgan fingerprint density at radius 3 is 2.63 bits per heavy atom. The summed E-state index contributed by atoms with van der Waals surface area (Å²) < 4.78 is 16.2. The van der Waals surface area contributed by atoms with Gasteiger partial charge in [0, 0.05) is 6.20 Å². The number of rotatable bonds is 6. The summed E-state index contributed by atoms with van der Waals surface area (Å²) in [5.74, 6) is 0.477. The molecule has 0 unspecified atom stereocenters. The van der Waals surface area contributed by atoms with Gasteiger partial charge in [0.15, 0.2) is 18.1 Å². The zero-order valence-electron chi connectivity index (χ0n) is 15.3. The van der Waals surface area contributed by atoms with Crippen LogP contribution in [0.5, 0.6) is 11.5 Å². The fourth-order valence-corrected chi connectivity index (χ4v) is 2.79. The first kappa shape index (κ1) is 18.7. The molecule has 0 radical (unpaired) electrons. The Morgan fingerprint density at radius 2 is 1.93 bits per heavy atom. The molecule has 142 valence electrons. The van der Waals surface area contributed by atoms with Crippen molar-refractivity contribution in [3.05, 3.63) is 53.9 Å². The number of pyridine rings is 1. The highest BCUT2D eigenvalue weighted by Gasteiger charge is 2.22. The Labute approximate surface area is 157 Å². The number of esters is 1. The number of nitrogens with one attached hydrogen (secondary N) is 1. The van der Waals surface area contributed by atoms with Crippen molar-refractivity contribution < 1.29 is 23.8 Å². The van der Waals surface area contributed by atoms with Gasteiger partial charge >= 0.3 is 5.97 Å². The Kier molecular flexibility index (Phi) is 5.90. The van der Waals surface area contributed by atoms with Crippen molar-refractivity contribution in [2.45, 2.75) is 19.9 Å². The van der Waals surface area contributed by atoms with Crippen molar-refractivity contribution in [2.75, 3.05) is 19.8 Å². The van der Waals surface area contributed by atoms with E-state index in [1.807, 2.05) is 32.0 Å². The fourth-order valence-electron chi connectivity index (χ4n) is 2.79. The Hall–Kier alpha value is -3.09. The topological polar surface area (TPSA) is 86.8 Å². The van der Waals surface area contributed by atoms with E-state index in [1.54, 1.807) is 12.1 Å². The molecule has 2 heterocycles. The van der Waals surface area contributed by atoms with E-state index in [-0.39, 0.29) is 30.2 Å². The molecule has 0 spiro atoms. The molecule has 3 rings (SSSR count). The summed E-state index contributed by atoms with van der Waals surface area (Å²) in [5.41, 5.74) is 1.07. The summed E-state index contributed by atoms with van der Waals surface area (Å²) >= 11 is 0. The molecule has 1 aromatic heterocycles. The number of amides is 1. The second kappa shape index (κ2) is 8.53. The number of nitrogens with zero attached hydrogens (tertiary/aromatic N) is 1. The molecule has 0 saturated carbocycles. The number of carbonyl (C=O) groups excluding carboxylic acids is 2. The molecular formula is C20H22N2O5. The summed E-state index contributed by atoms with van der Waals surface area (Å²) in [6, 6.07) is 10.3. The standard InChI is InChI=1S/C20H22N2O5/c1-13(2)19(14-6-7-16-17(11-14)26-10-9-25-16)22-18(23)12-27-20(24)15-5-3-4-8-21-15/h3-8,11,13,19H,9-10,12H2,1-2H3,(H,22,23)/t19-/m1/s1. The predicted molar refractivity (Wildman–Crippen MR) is 97.7 cm³/mol. The maximum atomic E-state index is 12.3. The third kappa shape index (κ3) is 4.75. The van der Waals surface area contributed by atoms with E-state index in [2.05, 4.69) is 10.3 Å². The van der Waals surface area contributed by atoms with Crippen LogP contribution in [0.15, 0.2) is 42.6 Å². The van der Waals surface area contributed by atoms with Gasteiger partial charge in [0.1, 0.15) is 18.9 Å². The van der Waals surface area contributed by atoms with Crippen LogP contribution in [0.4, 0.5) is 0 Å². The normalized spacial score (nSPS) is 13.7. The molecule has 1 N–H and O–H groups in total. The molecule has 0 fully saturated rings. The van der Waals surface area contributed by atoms with Crippen LogP contribution in [-0.4, -0.2) is 36.7 Å². The van der Waals surface area contributed by atoms with E-state index in [4.69, 9.17) is 14.2 Å². The molecule has 1 atom stereocenters. The lowest BCUT2D eigenvalue weighted by Crippen LogP contribution is -2.35. The van der Waals surface area contributed by atoms with Crippen LogP contribution in [0.1, 0.15) is 35.9 Å². The molecule has 0 aliphatic carbocycles. The summed E-state index contributed by atoms with van der Waals surface area (Å²) in [7, 11) is 0. The van der Waals surface area contributed by atoms with Crippen molar-refractivity contribution in [1.82, 2.24) is 10.3 Å². The predicted octanol–water partition coefficient (Wildman–Crippen LogP) is 2.52. The maximum Gasteiger partial charge on any atom is 0.357 e. The van der Waals surface area contributed by atoms with E-state index >= 15 is 0 Å². The molecule has 1 aliphatic rings. The van der Waals surface area contributed by atoms with Crippen LogP contribution in [0.25, 0.3) is 0 Å². The van der Waals surface area contributed by atoms with Gasteiger partial charge in [-0.25, -0.2) is 9.78 Å². The highest BCUT2D eigenvalue weighted by Crippen LogP contribution is 2.34. The van der Waals surface area contributed by atoms with Crippen LogP contribution in [0.3, 0.4) is 0 Å². The number of hydrogen-bond donors (Lipinski definition) is 1.